The summed E-state index contributed by atoms with van der Waals surface area (Å²) in [6.45, 7) is 0. The van der Waals surface area contributed by atoms with Gasteiger partial charge in [-0.15, -0.1) is 0 Å². The van der Waals surface area contributed by atoms with Crippen LogP contribution in [0.2, 0.25) is 5.02 Å². The quantitative estimate of drug-likeness (QED) is 0.882. The lowest BCUT2D eigenvalue weighted by molar-refractivity contribution is 0.0931. The van der Waals surface area contributed by atoms with Crippen LogP contribution in [-0.2, 0) is 0 Å². The van der Waals surface area contributed by atoms with E-state index in [1.54, 1.807) is 12.1 Å². The van der Waals surface area contributed by atoms with Gasteiger partial charge < -0.3 is 5.32 Å². The summed E-state index contributed by atoms with van der Waals surface area (Å²) in [6, 6.07) is 10.3. The average molecular weight is 322 g/mol. The van der Waals surface area contributed by atoms with E-state index >= 15 is 0 Å². The van der Waals surface area contributed by atoms with Crippen LogP contribution in [0.5, 0.6) is 0 Å². The van der Waals surface area contributed by atoms with Crippen LogP contribution in [0.1, 0.15) is 34.8 Å². The van der Waals surface area contributed by atoms with Gasteiger partial charge in [-0.2, -0.15) is 0 Å². The largest absolute Gasteiger partial charge is 0.345 e. The summed E-state index contributed by atoms with van der Waals surface area (Å²) in [5.74, 6) is -2.03. The molecule has 2 aromatic rings. The fourth-order valence-electron chi connectivity index (χ4n) is 2.43. The van der Waals surface area contributed by atoms with Crippen LogP contribution in [0.25, 0.3) is 0 Å². The first-order valence-corrected chi connectivity index (χ1v) is 7.44. The van der Waals surface area contributed by atoms with Crippen molar-refractivity contribution in [1.29, 1.82) is 0 Å². The molecule has 1 saturated carbocycles. The van der Waals surface area contributed by atoms with Crippen LogP contribution < -0.4 is 5.32 Å². The first-order valence-electron chi connectivity index (χ1n) is 7.06. The van der Waals surface area contributed by atoms with Gasteiger partial charge in [0.1, 0.15) is 0 Å². The molecule has 2 aromatic carbocycles. The minimum atomic E-state index is -1.03. The number of halogens is 3. The molecule has 0 radical (unpaired) electrons. The van der Waals surface area contributed by atoms with Gasteiger partial charge in [-0.3, -0.25) is 4.79 Å². The van der Waals surface area contributed by atoms with Crippen LogP contribution in [-0.4, -0.2) is 5.91 Å². The van der Waals surface area contributed by atoms with E-state index in [0.717, 1.165) is 30.5 Å². The Morgan fingerprint density at radius 1 is 1.09 bits per heavy atom. The van der Waals surface area contributed by atoms with Gasteiger partial charge in [-0.05, 0) is 54.7 Å². The fourth-order valence-corrected chi connectivity index (χ4v) is 2.56. The lowest BCUT2D eigenvalue weighted by Crippen LogP contribution is -2.30. The highest BCUT2D eigenvalue weighted by Crippen LogP contribution is 2.41. The number of amides is 1. The monoisotopic (exact) mass is 321 g/mol. The van der Waals surface area contributed by atoms with E-state index in [2.05, 4.69) is 5.32 Å². The Balaban J connectivity index is 1.80. The van der Waals surface area contributed by atoms with Gasteiger partial charge in [0.25, 0.3) is 5.91 Å². The van der Waals surface area contributed by atoms with Crippen LogP contribution in [0.3, 0.4) is 0 Å². The maximum absolute atomic E-state index is 13.2. The minimum Gasteiger partial charge on any atom is -0.345 e. The number of carbonyl (C=O) groups is 1. The van der Waals surface area contributed by atoms with Crippen molar-refractivity contribution >= 4 is 17.5 Å². The first kappa shape index (κ1) is 15.0. The SMILES string of the molecule is O=C(N[C@@H](c1ccc(Cl)cc1)C1CC1)c1ccc(F)c(F)c1. The third-order valence-corrected chi connectivity index (χ3v) is 4.04. The van der Waals surface area contributed by atoms with E-state index in [4.69, 9.17) is 11.6 Å². The highest BCUT2D eigenvalue weighted by Gasteiger charge is 2.33. The zero-order valence-electron chi connectivity index (χ0n) is 11.7. The van der Waals surface area contributed by atoms with Gasteiger partial charge in [0, 0.05) is 10.6 Å². The molecule has 1 aliphatic rings. The maximum atomic E-state index is 13.2. The van der Waals surface area contributed by atoms with Gasteiger partial charge in [0.15, 0.2) is 11.6 Å². The van der Waals surface area contributed by atoms with Crippen LogP contribution in [0.15, 0.2) is 42.5 Å². The fraction of sp³-hybridized carbons (Fsp3) is 0.235. The summed E-state index contributed by atoms with van der Waals surface area (Å²) in [7, 11) is 0. The van der Waals surface area contributed by atoms with Crippen molar-refractivity contribution in [3.8, 4) is 0 Å². The highest BCUT2D eigenvalue weighted by molar-refractivity contribution is 6.30. The highest BCUT2D eigenvalue weighted by atomic mass is 35.5. The summed E-state index contributed by atoms with van der Waals surface area (Å²) >= 11 is 5.88. The average Bonchev–Trinajstić information content (AvgIpc) is 3.33. The van der Waals surface area contributed by atoms with E-state index in [0.29, 0.717) is 10.9 Å². The molecule has 0 bridgehead atoms. The number of nitrogens with one attached hydrogen (secondary N) is 1. The molecular weight excluding hydrogens is 308 g/mol. The Kier molecular flexibility index (Phi) is 4.12. The molecule has 0 spiro atoms. The Bertz CT molecular complexity index is 698. The summed E-state index contributed by atoms with van der Waals surface area (Å²) < 4.78 is 26.2. The van der Waals surface area contributed by atoms with Crippen molar-refractivity contribution in [3.63, 3.8) is 0 Å². The van der Waals surface area contributed by atoms with Crippen molar-refractivity contribution in [2.24, 2.45) is 5.92 Å². The van der Waals surface area contributed by atoms with Crippen LogP contribution in [0, 0.1) is 17.6 Å². The van der Waals surface area contributed by atoms with Crippen LogP contribution in [0.4, 0.5) is 8.78 Å². The topological polar surface area (TPSA) is 29.1 Å². The van der Waals surface area contributed by atoms with Crippen LogP contribution >= 0.6 is 11.6 Å². The van der Waals surface area contributed by atoms with E-state index in [1.165, 1.54) is 6.07 Å². The first-order chi connectivity index (χ1) is 10.5. The van der Waals surface area contributed by atoms with Crippen molar-refractivity contribution < 1.29 is 13.6 Å². The third kappa shape index (κ3) is 3.28. The Labute approximate surface area is 132 Å². The molecule has 1 aliphatic carbocycles. The lowest BCUT2D eigenvalue weighted by atomic mass is 10.0. The molecule has 1 amide bonds. The second-order valence-corrected chi connectivity index (χ2v) is 5.91. The summed E-state index contributed by atoms with van der Waals surface area (Å²) in [5, 5.41) is 3.54. The zero-order valence-corrected chi connectivity index (χ0v) is 12.4. The summed E-state index contributed by atoms with van der Waals surface area (Å²) in [6.07, 6.45) is 2.07. The standard InChI is InChI=1S/C17H14ClF2NO/c18-13-6-3-11(4-7-13)16(10-1-2-10)21-17(22)12-5-8-14(19)15(20)9-12/h3-10,16H,1-2H2,(H,21,22)/t16-/m1/s1. The van der Waals surface area contributed by atoms with Gasteiger partial charge >= 0.3 is 0 Å². The Morgan fingerprint density at radius 3 is 2.36 bits per heavy atom. The molecule has 0 aliphatic heterocycles. The normalized spacial score (nSPS) is 15.4. The maximum Gasteiger partial charge on any atom is 0.251 e. The predicted molar refractivity (Wildman–Crippen MR) is 80.7 cm³/mol. The molecular formula is C17H14ClF2NO. The molecule has 1 atom stereocenters. The minimum absolute atomic E-state index is 0.110. The van der Waals surface area contributed by atoms with E-state index in [1.807, 2.05) is 12.1 Å². The molecule has 1 N–H and O–H groups in total. The Hall–Kier alpha value is -1.94. The number of rotatable bonds is 4. The lowest BCUT2D eigenvalue weighted by Gasteiger charge is -2.19. The number of hydrogen-bond donors (Lipinski definition) is 1. The third-order valence-electron chi connectivity index (χ3n) is 3.79. The molecule has 0 saturated heterocycles. The van der Waals surface area contributed by atoms with Gasteiger partial charge in [-0.1, -0.05) is 23.7 Å². The van der Waals surface area contributed by atoms with Crippen molar-refractivity contribution in [3.05, 3.63) is 70.2 Å². The molecule has 2 nitrogen and oxygen atoms in total. The molecule has 114 valence electrons. The van der Waals surface area contributed by atoms with Crippen molar-refractivity contribution in [2.45, 2.75) is 18.9 Å². The van der Waals surface area contributed by atoms with Gasteiger partial charge in [-0.25, -0.2) is 8.78 Å². The van der Waals surface area contributed by atoms with Crippen molar-refractivity contribution in [1.82, 2.24) is 5.32 Å². The second-order valence-electron chi connectivity index (χ2n) is 5.47. The van der Waals surface area contributed by atoms with E-state index in [-0.39, 0.29) is 11.6 Å². The number of carbonyl (C=O) groups excluding carboxylic acids is 1. The molecule has 22 heavy (non-hydrogen) atoms. The predicted octanol–water partition coefficient (Wildman–Crippen LogP) is 4.50. The zero-order chi connectivity index (χ0) is 15.7. The Morgan fingerprint density at radius 2 is 1.77 bits per heavy atom. The van der Waals surface area contributed by atoms with E-state index < -0.39 is 17.5 Å². The van der Waals surface area contributed by atoms with Crippen molar-refractivity contribution in [2.75, 3.05) is 0 Å². The van der Waals surface area contributed by atoms with Gasteiger partial charge in [0.05, 0.1) is 6.04 Å². The molecule has 0 unspecified atom stereocenters. The molecule has 0 aromatic heterocycles. The summed E-state index contributed by atoms with van der Waals surface area (Å²) in [4.78, 5) is 12.3. The smallest absolute Gasteiger partial charge is 0.251 e. The molecule has 0 heterocycles. The number of hydrogen-bond acceptors (Lipinski definition) is 1. The summed E-state index contributed by atoms with van der Waals surface area (Å²) in [5.41, 5.74) is 1.07. The van der Waals surface area contributed by atoms with E-state index in [9.17, 15) is 13.6 Å². The second kappa shape index (κ2) is 6.05. The molecule has 3 rings (SSSR count). The van der Waals surface area contributed by atoms with Gasteiger partial charge in [0.2, 0.25) is 0 Å². The molecule has 5 heteroatoms. The molecule has 1 fully saturated rings. The number of benzene rings is 2.